The number of aliphatic carboxylic acids is 1. The van der Waals surface area contributed by atoms with E-state index in [9.17, 15) is 4.79 Å². The van der Waals surface area contributed by atoms with E-state index in [-0.39, 0.29) is 0 Å². The lowest BCUT2D eigenvalue weighted by Gasteiger charge is -2.16. The highest BCUT2D eigenvalue weighted by molar-refractivity contribution is 6.30. The number of carboxylic acid groups (broad SMARTS) is 1. The van der Waals surface area contributed by atoms with Crippen LogP contribution in [0.1, 0.15) is 25.0 Å². The van der Waals surface area contributed by atoms with Crippen molar-refractivity contribution in [1.82, 2.24) is 0 Å². The molecule has 3 nitrogen and oxygen atoms in total. The van der Waals surface area contributed by atoms with Gasteiger partial charge in [-0.05, 0) is 36.1 Å². The summed E-state index contributed by atoms with van der Waals surface area (Å²) in [5.41, 5.74) is 1.94. The molecule has 0 aliphatic heterocycles. The number of aryl methyl sites for hydroxylation is 1. The Morgan fingerprint density at radius 2 is 2.11 bits per heavy atom. The van der Waals surface area contributed by atoms with Gasteiger partial charge in [0.25, 0.3) is 0 Å². The number of halogens is 1. The predicted octanol–water partition coefficient (Wildman–Crippen LogP) is 3.32. The van der Waals surface area contributed by atoms with Gasteiger partial charge in [-0.15, -0.1) is 0 Å². The molecule has 0 saturated heterocycles. The van der Waals surface area contributed by atoms with E-state index in [1.807, 2.05) is 26.8 Å². The Kier molecular flexibility index (Phi) is 5.63. The van der Waals surface area contributed by atoms with Crippen molar-refractivity contribution in [3.63, 3.8) is 0 Å². The molecule has 0 aromatic heterocycles. The van der Waals surface area contributed by atoms with Crippen LogP contribution in [-0.2, 0) is 16.0 Å². The fourth-order valence-corrected chi connectivity index (χ4v) is 1.78. The second-order valence-corrected chi connectivity index (χ2v) is 5.27. The molecule has 0 saturated carbocycles. The Balaban J connectivity index is 2.76. The summed E-state index contributed by atoms with van der Waals surface area (Å²) in [4.78, 5) is 11.2. The Morgan fingerprint density at radius 3 is 2.67 bits per heavy atom. The van der Waals surface area contributed by atoms with Crippen molar-refractivity contribution in [3.8, 4) is 0 Å². The minimum atomic E-state index is -0.935. The molecule has 1 atom stereocenters. The van der Waals surface area contributed by atoms with Gasteiger partial charge in [-0.2, -0.15) is 0 Å². The lowest BCUT2D eigenvalue weighted by molar-refractivity contribution is -0.150. The summed E-state index contributed by atoms with van der Waals surface area (Å²) in [6.45, 7) is 6.36. The maximum absolute atomic E-state index is 11.2. The third-order valence-corrected chi connectivity index (χ3v) is 2.86. The van der Waals surface area contributed by atoms with Crippen LogP contribution in [0.25, 0.3) is 0 Å². The van der Waals surface area contributed by atoms with Crippen LogP contribution in [-0.4, -0.2) is 23.8 Å². The summed E-state index contributed by atoms with van der Waals surface area (Å²) in [5, 5.41) is 9.76. The van der Waals surface area contributed by atoms with E-state index in [0.29, 0.717) is 24.0 Å². The highest BCUT2D eigenvalue weighted by Gasteiger charge is 2.20. The largest absolute Gasteiger partial charge is 0.479 e. The first-order chi connectivity index (χ1) is 8.40. The van der Waals surface area contributed by atoms with Crippen LogP contribution in [0.3, 0.4) is 0 Å². The van der Waals surface area contributed by atoms with Gasteiger partial charge in [-0.1, -0.05) is 31.5 Å². The maximum Gasteiger partial charge on any atom is 0.333 e. The standard InChI is InChI=1S/C14H19ClO3/c1-9(2)8-18-13(14(16)17)7-11-6-12(15)5-4-10(11)3/h4-6,9,13H,7-8H2,1-3H3,(H,16,17)/t13-/m1/s1. The highest BCUT2D eigenvalue weighted by Crippen LogP contribution is 2.18. The van der Waals surface area contributed by atoms with E-state index < -0.39 is 12.1 Å². The maximum atomic E-state index is 11.2. The smallest absolute Gasteiger partial charge is 0.333 e. The minimum absolute atomic E-state index is 0.312. The molecule has 0 amide bonds. The van der Waals surface area contributed by atoms with Crippen LogP contribution in [0.4, 0.5) is 0 Å². The molecule has 0 radical (unpaired) electrons. The van der Waals surface area contributed by atoms with Crippen molar-refractivity contribution in [2.75, 3.05) is 6.61 Å². The summed E-state index contributed by atoms with van der Waals surface area (Å²) in [5.74, 6) is -0.623. The number of carboxylic acids is 1. The first-order valence-electron chi connectivity index (χ1n) is 5.99. The SMILES string of the molecule is Cc1ccc(Cl)cc1C[C@@H](OCC(C)C)C(=O)O. The van der Waals surface area contributed by atoms with Gasteiger partial charge >= 0.3 is 5.97 Å². The monoisotopic (exact) mass is 270 g/mol. The van der Waals surface area contributed by atoms with Crippen LogP contribution < -0.4 is 0 Å². The molecule has 0 bridgehead atoms. The lowest BCUT2D eigenvalue weighted by Crippen LogP contribution is -2.28. The first kappa shape index (κ1) is 15.0. The molecule has 0 aliphatic carbocycles. The van der Waals surface area contributed by atoms with E-state index in [4.69, 9.17) is 21.4 Å². The Morgan fingerprint density at radius 1 is 1.44 bits per heavy atom. The Bertz CT molecular complexity index is 416. The number of hydrogen-bond donors (Lipinski definition) is 1. The third-order valence-electron chi connectivity index (χ3n) is 2.62. The number of rotatable bonds is 6. The quantitative estimate of drug-likeness (QED) is 0.863. The first-order valence-corrected chi connectivity index (χ1v) is 6.37. The van der Waals surface area contributed by atoms with Crippen LogP contribution >= 0.6 is 11.6 Å². The second kappa shape index (κ2) is 6.76. The van der Waals surface area contributed by atoms with Crippen molar-refractivity contribution < 1.29 is 14.6 Å². The number of carbonyl (C=O) groups is 1. The topological polar surface area (TPSA) is 46.5 Å². The molecule has 0 fully saturated rings. The fraction of sp³-hybridized carbons (Fsp3) is 0.500. The van der Waals surface area contributed by atoms with Gasteiger partial charge in [0.15, 0.2) is 6.10 Å². The van der Waals surface area contributed by atoms with E-state index in [2.05, 4.69) is 0 Å². The molecule has 0 heterocycles. The van der Waals surface area contributed by atoms with E-state index in [1.54, 1.807) is 12.1 Å². The molecule has 1 N–H and O–H groups in total. The zero-order valence-corrected chi connectivity index (χ0v) is 11.7. The minimum Gasteiger partial charge on any atom is -0.479 e. The van der Waals surface area contributed by atoms with Crippen molar-refractivity contribution in [2.24, 2.45) is 5.92 Å². The van der Waals surface area contributed by atoms with E-state index in [0.717, 1.165) is 11.1 Å². The van der Waals surface area contributed by atoms with Gasteiger partial charge in [0.05, 0.1) is 6.61 Å². The zero-order valence-electron chi connectivity index (χ0n) is 10.9. The molecule has 0 unspecified atom stereocenters. The molecule has 4 heteroatoms. The van der Waals surface area contributed by atoms with Crippen molar-refractivity contribution in [2.45, 2.75) is 33.3 Å². The van der Waals surface area contributed by atoms with E-state index >= 15 is 0 Å². The van der Waals surface area contributed by atoms with Crippen LogP contribution in [0, 0.1) is 12.8 Å². The van der Waals surface area contributed by atoms with Gasteiger partial charge in [0.1, 0.15) is 0 Å². The summed E-state index contributed by atoms with van der Waals surface area (Å²) in [6, 6.07) is 5.48. The van der Waals surface area contributed by atoms with Gasteiger partial charge in [-0.25, -0.2) is 4.79 Å². The summed E-state index contributed by atoms with van der Waals surface area (Å²) >= 11 is 5.92. The molecule has 100 valence electrons. The highest BCUT2D eigenvalue weighted by atomic mass is 35.5. The lowest BCUT2D eigenvalue weighted by atomic mass is 10.0. The van der Waals surface area contributed by atoms with Gasteiger partial charge < -0.3 is 9.84 Å². The normalized spacial score (nSPS) is 12.7. The summed E-state index contributed by atoms with van der Waals surface area (Å²) in [6.07, 6.45) is -0.474. The molecule has 1 aromatic carbocycles. The molecule has 18 heavy (non-hydrogen) atoms. The van der Waals surface area contributed by atoms with Crippen molar-refractivity contribution >= 4 is 17.6 Å². The van der Waals surface area contributed by atoms with Crippen LogP contribution in [0.5, 0.6) is 0 Å². The Labute approximate surface area is 113 Å². The number of ether oxygens (including phenoxy) is 1. The van der Waals surface area contributed by atoms with Gasteiger partial charge in [-0.3, -0.25) is 0 Å². The number of benzene rings is 1. The van der Waals surface area contributed by atoms with Gasteiger partial charge in [0.2, 0.25) is 0 Å². The summed E-state index contributed by atoms with van der Waals surface area (Å²) < 4.78 is 5.42. The predicted molar refractivity (Wildman–Crippen MR) is 72.1 cm³/mol. The Hall–Kier alpha value is -1.06. The fourth-order valence-electron chi connectivity index (χ4n) is 1.59. The molecule has 1 rings (SSSR count). The molecule has 1 aromatic rings. The van der Waals surface area contributed by atoms with Crippen molar-refractivity contribution in [1.29, 1.82) is 0 Å². The summed E-state index contributed by atoms with van der Waals surface area (Å²) in [7, 11) is 0. The molecular formula is C14H19ClO3. The number of hydrogen-bond acceptors (Lipinski definition) is 2. The zero-order chi connectivity index (χ0) is 13.7. The second-order valence-electron chi connectivity index (χ2n) is 4.83. The third kappa shape index (κ3) is 4.67. The van der Waals surface area contributed by atoms with Crippen LogP contribution in [0.15, 0.2) is 18.2 Å². The van der Waals surface area contributed by atoms with E-state index in [1.165, 1.54) is 0 Å². The van der Waals surface area contributed by atoms with Gasteiger partial charge in [0, 0.05) is 11.4 Å². The average Bonchev–Trinajstić information content (AvgIpc) is 2.28. The van der Waals surface area contributed by atoms with Crippen molar-refractivity contribution in [3.05, 3.63) is 34.3 Å². The van der Waals surface area contributed by atoms with Crippen LogP contribution in [0.2, 0.25) is 5.02 Å². The molecule has 0 spiro atoms. The molecular weight excluding hydrogens is 252 g/mol. The molecule has 0 aliphatic rings. The average molecular weight is 271 g/mol.